The van der Waals surface area contributed by atoms with Gasteiger partial charge >= 0.3 is 0 Å². The number of thioether (sulfide) groups is 1. The highest BCUT2D eigenvalue weighted by molar-refractivity contribution is 7.99. The van der Waals surface area contributed by atoms with Gasteiger partial charge in [-0.2, -0.15) is 0 Å². The summed E-state index contributed by atoms with van der Waals surface area (Å²) >= 11 is 1.60. The van der Waals surface area contributed by atoms with E-state index in [1.54, 1.807) is 18.9 Å². The summed E-state index contributed by atoms with van der Waals surface area (Å²) in [5.74, 6) is 2.66. The quantitative estimate of drug-likeness (QED) is 0.491. The van der Waals surface area contributed by atoms with E-state index in [1.807, 2.05) is 24.3 Å². The fourth-order valence-corrected chi connectivity index (χ4v) is 3.75. The van der Waals surface area contributed by atoms with Gasteiger partial charge in [-0.25, -0.2) is 9.97 Å². The Hall–Kier alpha value is -2.03. The van der Waals surface area contributed by atoms with Crippen LogP contribution in [-0.4, -0.2) is 60.5 Å². The van der Waals surface area contributed by atoms with Crippen molar-refractivity contribution in [3.05, 3.63) is 35.4 Å². The Bertz CT molecular complexity index is 695. The summed E-state index contributed by atoms with van der Waals surface area (Å²) in [6, 6.07) is 7.83. The molecule has 140 valence electrons. The van der Waals surface area contributed by atoms with Crippen LogP contribution < -0.4 is 21.5 Å². The first-order valence-corrected chi connectivity index (χ1v) is 9.75. The van der Waals surface area contributed by atoms with Gasteiger partial charge in [0.15, 0.2) is 5.16 Å². The molecule has 0 radical (unpaired) electrons. The van der Waals surface area contributed by atoms with Crippen molar-refractivity contribution in [3.63, 3.8) is 0 Å². The van der Waals surface area contributed by atoms with Crippen molar-refractivity contribution in [1.82, 2.24) is 20.2 Å². The number of nitrogens with one attached hydrogen (secondary N) is 1. The van der Waals surface area contributed by atoms with Gasteiger partial charge < -0.3 is 21.5 Å². The van der Waals surface area contributed by atoms with Gasteiger partial charge in [0.05, 0.1) is 7.11 Å². The van der Waals surface area contributed by atoms with Crippen molar-refractivity contribution in [3.8, 4) is 5.75 Å². The molecule has 2 heterocycles. The molecule has 0 atom stereocenters. The van der Waals surface area contributed by atoms with Crippen LogP contribution in [0.5, 0.6) is 5.75 Å². The molecule has 2 aromatic rings. The van der Waals surface area contributed by atoms with Crippen LogP contribution in [0.3, 0.4) is 0 Å². The van der Waals surface area contributed by atoms with E-state index in [-0.39, 0.29) is 0 Å². The minimum Gasteiger partial charge on any atom is -0.497 e. The highest BCUT2D eigenvalue weighted by Gasteiger charge is 2.13. The molecule has 0 spiro atoms. The van der Waals surface area contributed by atoms with Gasteiger partial charge in [0, 0.05) is 50.5 Å². The molecule has 0 amide bonds. The number of aromatic nitrogens is 2. The van der Waals surface area contributed by atoms with E-state index >= 15 is 0 Å². The molecule has 1 aromatic carbocycles. The Morgan fingerprint density at radius 1 is 1.12 bits per heavy atom. The molecule has 26 heavy (non-hydrogen) atoms. The highest BCUT2D eigenvalue weighted by Crippen LogP contribution is 2.25. The van der Waals surface area contributed by atoms with E-state index in [0.29, 0.717) is 23.2 Å². The molecule has 7 nitrogen and oxygen atoms in total. The van der Waals surface area contributed by atoms with E-state index in [0.717, 1.165) is 55.4 Å². The van der Waals surface area contributed by atoms with Crippen LogP contribution in [0.15, 0.2) is 29.4 Å². The summed E-state index contributed by atoms with van der Waals surface area (Å²) in [6.45, 7) is 5.31. The van der Waals surface area contributed by atoms with Gasteiger partial charge in [0.25, 0.3) is 0 Å². The molecule has 8 heteroatoms. The van der Waals surface area contributed by atoms with E-state index in [9.17, 15) is 0 Å². The maximum absolute atomic E-state index is 6.15. The number of methoxy groups -OCH3 is 1. The molecule has 1 aliphatic heterocycles. The zero-order chi connectivity index (χ0) is 18.4. The minimum absolute atomic E-state index is 0.456. The summed E-state index contributed by atoms with van der Waals surface area (Å²) in [6.07, 6.45) is 0.605. The molecule has 0 saturated carbocycles. The average Bonchev–Trinajstić information content (AvgIpc) is 2.66. The van der Waals surface area contributed by atoms with Crippen LogP contribution in [-0.2, 0) is 6.42 Å². The first-order chi connectivity index (χ1) is 12.7. The number of piperazine rings is 1. The Kier molecular flexibility index (Phi) is 6.54. The smallest absolute Gasteiger partial charge is 0.191 e. The topological polar surface area (TPSA) is 102 Å². The van der Waals surface area contributed by atoms with Crippen LogP contribution in [0.1, 0.15) is 11.1 Å². The minimum atomic E-state index is 0.456. The van der Waals surface area contributed by atoms with Crippen molar-refractivity contribution in [2.45, 2.75) is 11.6 Å². The number of rotatable bonds is 7. The molecule has 3 rings (SSSR count). The largest absolute Gasteiger partial charge is 0.497 e. The van der Waals surface area contributed by atoms with Gasteiger partial charge in [-0.3, -0.25) is 4.90 Å². The molecule has 1 aliphatic rings. The van der Waals surface area contributed by atoms with E-state index < -0.39 is 0 Å². The maximum Gasteiger partial charge on any atom is 0.191 e. The Labute approximate surface area is 158 Å². The highest BCUT2D eigenvalue weighted by atomic mass is 32.2. The van der Waals surface area contributed by atoms with Gasteiger partial charge in [-0.05, 0) is 17.7 Å². The lowest BCUT2D eigenvalue weighted by molar-refractivity contribution is 0.255. The van der Waals surface area contributed by atoms with Crippen molar-refractivity contribution in [2.24, 2.45) is 0 Å². The fourth-order valence-electron chi connectivity index (χ4n) is 2.89. The SMILES string of the molecule is COc1ccc(Cc2c(N)nc(SCCN3CCNCC3)nc2N)cc1. The number of hydrogen-bond acceptors (Lipinski definition) is 8. The Balaban J connectivity index is 1.59. The van der Waals surface area contributed by atoms with Crippen molar-refractivity contribution >= 4 is 23.4 Å². The molecule has 1 saturated heterocycles. The molecular weight excluding hydrogens is 348 g/mol. The number of benzene rings is 1. The third-order valence-corrected chi connectivity index (χ3v) is 5.27. The van der Waals surface area contributed by atoms with Crippen LogP contribution >= 0.6 is 11.8 Å². The molecule has 1 aromatic heterocycles. The van der Waals surface area contributed by atoms with Gasteiger partial charge in [0.1, 0.15) is 17.4 Å². The van der Waals surface area contributed by atoms with Crippen molar-refractivity contribution in [1.29, 1.82) is 0 Å². The third kappa shape index (κ3) is 5.00. The second-order valence-electron chi connectivity index (χ2n) is 6.22. The second-order valence-corrected chi connectivity index (χ2v) is 7.28. The number of hydrogen-bond donors (Lipinski definition) is 3. The summed E-state index contributed by atoms with van der Waals surface area (Å²) in [4.78, 5) is 11.3. The lowest BCUT2D eigenvalue weighted by Gasteiger charge is -2.26. The van der Waals surface area contributed by atoms with Gasteiger partial charge in [0.2, 0.25) is 0 Å². The second kappa shape index (κ2) is 9.07. The number of nitrogens with two attached hydrogens (primary N) is 2. The number of nitrogen functional groups attached to an aromatic ring is 2. The lowest BCUT2D eigenvalue weighted by atomic mass is 10.1. The van der Waals surface area contributed by atoms with E-state index in [2.05, 4.69) is 20.2 Å². The predicted octanol–water partition coefficient (Wildman–Crippen LogP) is 1.24. The zero-order valence-electron chi connectivity index (χ0n) is 15.1. The number of anilines is 2. The zero-order valence-corrected chi connectivity index (χ0v) is 15.9. The normalized spacial score (nSPS) is 15.1. The van der Waals surface area contributed by atoms with Crippen LogP contribution in [0, 0.1) is 0 Å². The lowest BCUT2D eigenvalue weighted by Crippen LogP contribution is -2.44. The molecule has 0 aliphatic carbocycles. The summed E-state index contributed by atoms with van der Waals surface area (Å²) in [5, 5.41) is 4.00. The standard InChI is InChI=1S/C18H26N6OS/c1-25-14-4-2-13(3-5-14)12-15-16(19)22-18(23-17(15)20)26-11-10-24-8-6-21-7-9-24/h2-5,21H,6-12H2,1H3,(H4,19,20,22,23). The van der Waals surface area contributed by atoms with Crippen LogP contribution in [0.4, 0.5) is 11.6 Å². The number of nitrogens with zero attached hydrogens (tertiary/aromatic N) is 3. The first kappa shape index (κ1) is 18.8. The monoisotopic (exact) mass is 374 g/mol. The fraction of sp³-hybridized carbons (Fsp3) is 0.444. The van der Waals surface area contributed by atoms with Crippen molar-refractivity contribution in [2.75, 3.05) is 57.1 Å². The van der Waals surface area contributed by atoms with E-state index in [4.69, 9.17) is 16.2 Å². The number of ether oxygens (including phenoxy) is 1. The molecule has 0 bridgehead atoms. The molecule has 0 unspecified atom stereocenters. The Morgan fingerprint density at radius 2 is 1.77 bits per heavy atom. The molecule has 1 fully saturated rings. The van der Waals surface area contributed by atoms with E-state index in [1.165, 1.54) is 0 Å². The first-order valence-electron chi connectivity index (χ1n) is 8.76. The predicted molar refractivity (Wildman–Crippen MR) is 107 cm³/mol. The Morgan fingerprint density at radius 3 is 2.38 bits per heavy atom. The van der Waals surface area contributed by atoms with Gasteiger partial charge in [-0.1, -0.05) is 23.9 Å². The van der Waals surface area contributed by atoms with Crippen LogP contribution in [0.25, 0.3) is 0 Å². The van der Waals surface area contributed by atoms with Crippen molar-refractivity contribution < 1.29 is 4.74 Å². The van der Waals surface area contributed by atoms with Crippen LogP contribution in [0.2, 0.25) is 0 Å². The average molecular weight is 375 g/mol. The summed E-state index contributed by atoms with van der Waals surface area (Å²) < 4.78 is 5.18. The molecule has 5 N–H and O–H groups in total. The maximum atomic E-state index is 6.15. The third-order valence-electron chi connectivity index (χ3n) is 4.44. The summed E-state index contributed by atoms with van der Waals surface area (Å²) in [7, 11) is 1.65. The summed E-state index contributed by atoms with van der Waals surface area (Å²) in [5.41, 5.74) is 14.2. The van der Waals surface area contributed by atoms with Gasteiger partial charge in [-0.15, -0.1) is 0 Å². The molecular formula is C18H26N6OS.